The van der Waals surface area contributed by atoms with Crippen LogP contribution in [0.5, 0.6) is 17.2 Å². The fourth-order valence-corrected chi connectivity index (χ4v) is 9.77. The smallest absolute Gasteiger partial charge is 0.261 e. The minimum atomic E-state index is -2.92. The van der Waals surface area contributed by atoms with Crippen molar-refractivity contribution in [2.45, 2.75) is 56.5 Å². The van der Waals surface area contributed by atoms with E-state index in [0.717, 1.165) is 10.4 Å². The summed E-state index contributed by atoms with van der Waals surface area (Å²) in [6.45, 7) is 6.57. The Kier molecular flexibility index (Phi) is 7.50. The van der Waals surface area contributed by atoms with Gasteiger partial charge in [0.05, 0.1) is 6.61 Å². The Morgan fingerprint density at radius 1 is 0.789 bits per heavy atom. The standard InChI is InChI=1S/C29H34O8Si/c1-29(2,3)38(20-10-6-4-7-11-20,21-12-8-5-9-13-21)35-17-24-25(30)26(31)27(32)28(37-24)36-19-14-15-22-23(16-19)34-18-33-22/h4-16,24-28,30-32H,17-18H2,1-3H3. The van der Waals surface area contributed by atoms with E-state index in [1.165, 1.54) is 0 Å². The molecule has 2 heterocycles. The first kappa shape index (κ1) is 26.7. The molecule has 5 rings (SSSR count). The Bertz CT molecular complexity index is 1180. The highest BCUT2D eigenvalue weighted by Gasteiger charge is 2.52. The summed E-state index contributed by atoms with van der Waals surface area (Å²) in [6, 6.07) is 25.2. The van der Waals surface area contributed by atoms with Crippen LogP contribution in [0.15, 0.2) is 78.9 Å². The van der Waals surface area contributed by atoms with Crippen molar-refractivity contribution in [2.75, 3.05) is 13.4 Å². The molecule has 0 radical (unpaired) electrons. The lowest BCUT2D eigenvalue weighted by molar-refractivity contribution is -0.276. The summed E-state index contributed by atoms with van der Waals surface area (Å²) < 4.78 is 29.5. The van der Waals surface area contributed by atoms with Gasteiger partial charge in [-0.15, -0.1) is 0 Å². The van der Waals surface area contributed by atoms with E-state index in [1.807, 2.05) is 36.4 Å². The van der Waals surface area contributed by atoms with E-state index in [2.05, 4.69) is 45.0 Å². The van der Waals surface area contributed by atoms with Crippen molar-refractivity contribution in [2.24, 2.45) is 0 Å². The number of aliphatic hydroxyl groups excluding tert-OH is 3. The van der Waals surface area contributed by atoms with Crippen molar-refractivity contribution in [1.29, 1.82) is 0 Å². The molecule has 202 valence electrons. The molecule has 9 heteroatoms. The molecule has 8 nitrogen and oxygen atoms in total. The lowest BCUT2D eigenvalue weighted by Gasteiger charge is -2.45. The van der Waals surface area contributed by atoms with Gasteiger partial charge in [0.15, 0.2) is 11.5 Å². The molecule has 3 aromatic carbocycles. The van der Waals surface area contributed by atoms with E-state index >= 15 is 0 Å². The molecular formula is C29H34O8Si. The first-order chi connectivity index (χ1) is 18.2. The molecule has 0 bridgehead atoms. The van der Waals surface area contributed by atoms with Crippen molar-refractivity contribution < 1.29 is 38.7 Å². The Hall–Kier alpha value is -2.92. The zero-order chi connectivity index (χ0) is 26.9. The minimum Gasteiger partial charge on any atom is -0.462 e. The van der Waals surface area contributed by atoms with Crippen molar-refractivity contribution in [3.05, 3.63) is 78.9 Å². The fourth-order valence-electron chi connectivity index (χ4n) is 5.20. The van der Waals surface area contributed by atoms with Crippen LogP contribution >= 0.6 is 0 Å². The monoisotopic (exact) mass is 538 g/mol. The Morgan fingerprint density at radius 3 is 2.00 bits per heavy atom. The molecule has 0 aliphatic carbocycles. The highest BCUT2D eigenvalue weighted by Crippen LogP contribution is 2.38. The number of hydrogen-bond acceptors (Lipinski definition) is 8. The maximum absolute atomic E-state index is 10.9. The van der Waals surface area contributed by atoms with Gasteiger partial charge in [-0.1, -0.05) is 81.4 Å². The van der Waals surface area contributed by atoms with E-state index in [9.17, 15) is 15.3 Å². The van der Waals surface area contributed by atoms with Gasteiger partial charge in [-0.05, 0) is 27.5 Å². The fraction of sp³-hybridized carbons (Fsp3) is 0.379. The molecule has 2 aliphatic heterocycles. The van der Waals surface area contributed by atoms with Gasteiger partial charge < -0.3 is 38.7 Å². The maximum atomic E-state index is 10.9. The van der Waals surface area contributed by atoms with Gasteiger partial charge in [0.2, 0.25) is 13.1 Å². The predicted octanol–water partition coefficient (Wildman–Crippen LogP) is 2.18. The number of hydrogen-bond donors (Lipinski definition) is 3. The highest BCUT2D eigenvalue weighted by molar-refractivity contribution is 6.99. The molecule has 3 aromatic rings. The summed E-state index contributed by atoms with van der Waals surface area (Å²) in [6.07, 6.45) is -6.52. The van der Waals surface area contributed by atoms with E-state index in [4.69, 9.17) is 23.4 Å². The first-order valence-corrected chi connectivity index (χ1v) is 14.6. The minimum absolute atomic E-state index is 0.0147. The summed E-state index contributed by atoms with van der Waals surface area (Å²) >= 11 is 0. The van der Waals surface area contributed by atoms with Crippen LogP contribution in [0.1, 0.15) is 20.8 Å². The van der Waals surface area contributed by atoms with Crippen molar-refractivity contribution in [3.63, 3.8) is 0 Å². The van der Waals surface area contributed by atoms with Gasteiger partial charge in [-0.3, -0.25) is 0 Å². The van der Waals surface area contributed by atoms with Crippen LogP contribution in [0, 0.1) is 0 Å². The van der Waals surface area contributed by atoms with E-state index < -0.39 is 39.0 Å². The molecule has 5 unspecified atom stereocenters. The summed E-state index contributed by atoms with van der Waals surface area (Å²) in [5, 5.41) is 34.1. The van der Waals surface area contributed by atoms with Crippen LogP contribution in [0.4, 0.5) is 0 Å². The lowest BCUT2D eigenvalue weighted by atomic mass is 9.99. The summed E-state index contributed by atoms with van der Waals surface area (Å²) in [4.78, 5) is 0. The molecule has 1 fully saturated rings. The molecular weight excluding hydrogens is 504 g/mol. The van der Waals surface area contributed by atoms with Gasteiger partial charge in [0, 0.05) is 6.07 Å². The average Bonchev–Trinajstić information content (AvgIpc) is 3.38. The number of aliphatic hydroxyl groups is 3. The summed E-state index contributed by atoms with van der Waals surface area (Å²) in [5.74, 6) is 1.47. The van der Waals surface area contributed by atoms with Gasteiger partial charge in [-0.25, -0.2) is 0 Å². The van der Waals surface area contributed by atoms with Crippen molar-refractivity contribution >= 4 is 18.7 Å². The third-order valence-corrected chi connectivity index (χ3v) is 12.2. The van der Waals surface area contributed by atoms with Crippen LogP contribution in [0.25, 0.3) is 0 Å². The average molecular weight is 539 g/mol. The molecule has 0 amide bonds. The number of rotatable bonds is 7. The van der Waals surface area contributed by atoms with Crippen LogP contribution in [-0.4, -0.2) is 67.7 Å². The number of benzene rings is 3. The predicted molar refractivity (Wildman–Crippen MR) is 143 cm³/mol. The number of ether oxygens (including phenoxy) is 4. The molecule has 3 N–H and O–H groups in total. The molecule has 0 aromatic heterocycles. The largest absolute Gasteiger partial charge is 0.462 e. The molecule has 0 saturated carbocycles. The maximum Gasteiger partial charge on any atom is 0.261 e. The van der Waals surface area contributed by atoms with Gasteiger partial charge >= 0.3 is 0 Å². The van der Waals surface area contributed by atoms with Crippen LogP contribution in [0.3, 0.4) is 0 Å². The van der Waals surface area contributed by atoms with Gasteiger partial charge in [0.25, 0.3) is 8.32 Å². The van der Waals surface area contributed by atoms with Crippen LogP contribution in [-0.2, 0) is 9.16 Å². The third-order valence-electron chi connectivity index (χ3n) is 7.15. The van der Waals surface area contributed by atoms with Crippen molar-refractivity contribution in [1.82, 2.24) is 0 Å². The van der Waals surface area contributed by atoms with E-state index in [1.54, 1.807) is 18.2 Å². The molecule has 38 heavy (non-hydrogen) atoms. The second-order valence-corrected chi connectivity index (χ2v) is 14.9. The Labute approximate surface area is 223 Å². The lowest BCUT2D eigenvalue weighted by Crippen LogP contribution is -2.68. The normalized spacial score (nSPS) is 25.3. The highest BCUT2D eigenvalue weighted by atomic mass is 28.4. The molecule has 2 aliphatic rings. The topological polar surface area (TPSA) is 107 Å². The quantitative estimate of drug-likeness (QED) is 0.393. The van der Waals surface area contributed by atoms with Gasteiger partial charge in [0.1, 0.15) is 30.2 Å². The van der Waals surface area contributed by atoms with E-state index in [-0.39, 0.29) is 18.4 Å². The molecule has 5 atom stereocenters. The van der Waals surface area contributed by atoms with Crippen LogP contribution < -0.4 is 24.6 Å². The third kappa shape index (κ3) is 4.93. The SMILES string of the molecule is CC(C)(C)[Si](OCC1OC(Oc2ccc3c(c2)OCO3)C(O)C(O)C1O)(c1ccccc1)c1ccccc1. The van der Waals surface area contributed by atoms with E-state index in [0.29, 0.717) is 17.2 Å². The second-order valence-electron chi connectivity index (χ2n) is 10.6. The number of fused-ring (bicyclic) bond motifs is 1. The zero-order valence-corrected chi connectivity index (χ0v) is 22.7. The Morgan fingerprint density at radius 2 is 1.39 bits per heavy atom. The molecule has 1 saturated heterocycles. The van der Waals surface area contributed by atoms with Crippen molar-refractivity contribution in [3.8, 4) is 17.2 Å². The Balaban J connectivity index is 1.42. The summed E-state index contributed by atoms with van der Waals surface area (Å²) in [5.41, 5.74) is 0. The second kappa shape index (κ2) is 10.7. The zero-order valence-electron chi connectivity index (χ0n) is 21.7. The summed E-state index contributed by atoms with van der Waals surface area (Å²) in [7, 11) is -2.92. The van der Waals surface area contributed by atoms with Crippen LogP contribution in [0.2, 0.25) is 5.04 Å². The van der Waals surface area contributed by atoms with Gasteiger partial charge in [-0.2, -0.15) is 0 Å². The first-order valence-electron chi connectivity index (χ1n) is 12.7. The molecule has 0 spiro atoms.